The van der Waals surface area contributed by atoms with Crippen molar-refractivity contribution in [1.82, 2.24) is 4.90 Å². The van der Waals surface area contributed by atoms with Crippen LogP contribution >= 0.6 is 0 Å². The van der Waals surface area contributed by atoms with Gasteiger partial charge in [-0.2, -0.15) is 0 Å². The molecule has 0 aromatic heterocycles. The summed E-state index contributed by atoms with van der Waals surface area (Å²) in [6, 6.07) is 11.7. The van der Waals surface area contributed by atoms with Crippen molar-refractivity contribution in [2.75, 3.05) is 6.54 Å². The van der Waals surface area contributed by atoms with Gasteiger partial charge < -0.3 is 0 Å². The molecule has 0 N–H and O–H groups in total. The van der Waals surface area contributed by atoms with E-state index in [9.17, 15) is 0 Å². The lowest BCUT2D eigenvalue weighted by Crippen LogP contribution is -2.01. The van der Waals surface area contributed by atoms with E-state index in [4.69, 9.17) is 0 Å². The molecule has 0 spiro atoms. The molecule has 1 saturated heterocycles. The zero-order chi connectivity index (χ0) is 9.80. The zero-order valence-corrected chi connectivity index (χ0v) is 8.95. The Kier molecular flexibility index (Phi) is 3.20. The summed E-state index contributed by atoms with van der Waals surface area (Å²) in [6.45, 7) is 4.73. The summed E-state index contributed by atoms with van der Waals surface area (Å²) in [5.41, 5.74) is 1.45. The number of benzene rings is 1. The van der Waals surface area contributed by atoms with Gasteiger partial charge >= 0.3 is 0 Å². The van der Waals surface area contributed by atoms with Crippen LogP contribution in [0.25, 0.3) is 0 Å². The molecule has 2 unspecified atom stereocenters. The maximum atomic E-state index is 2.56. The first-order chi connectivity index (χ1) is 6.90. The molecule has 0 amide bonds. The van der Waals surface area contributed by atoms with E-state index in [0.29, 0.717) is 0 Å². The van der Waals surface area contributed by atoms with Gasteiger partial charge in [0.05, 0.1) is 0 Å². The van der Waals surface area contributed by atoms with Crippen LogP contribution in [0.1, 0.15) is 31.7 Å². The third kappa shape index (κ3) is 2.58. The monoisotopic (exact) mass is 189 g/mol. The van der Waals surface area contributed by atoms with E-state index >= 15 is 0 Å². The maximum Gasteiger partial charge on any atom is 0.0237 e. The quantitative estimate of drug-likeness (QED) is 0.643. The Labute approximate surface area is 86.7 Å². The summed E-state index contributed by atoms with van der Waals surface area (Å²) in [6.07, 6.45) is 4.11. The second-order valence-corrected chi connectivity index (χ2v) is 4.21. The number of hydrogen-bond donors (Lipinski definition) is 0. The van der Waals surface area contributed by atoms with Gasteiger partial charge in [0.2, 0.25) is 0 Å². The van der Waals surface area contributed by atoms with Crippen molar-refractivity contribution in [3.05, 3.63) is 35.9 Å². The molecule has 76 valence electrons. The van der Waals surface area contributed by atoms with Crippen LogP contribution in [-0.4, -0.2) is 17.5 Å². The summed E-state index contributed by atoms with van der Waals surface area (Å²) in [5, 5.41) is 0. The van der Waals surface area contributed by atoms with Gasteiger partial charge in [-0.3, -0.25) is 4.90 Å². The molecule has 1 heterocycles. The molecule has 1 fully saturated rings. The molecule has 1 aliphatic heterocycles. The minimum Gasteiger partial charge on any atom is -0.293 e. The summed E-state index contributed by atoms with van der Waals surface area (Å²) in [7, 11) is 0. The summed E-state index contributed by atoms with van der Waals surface area (Å²) in [4.78, 5) is 2.56. The van der Waals surface area contributed by atoms with Crippen LogP contribution in [0, 0.1) is 0 Å². The topological polar surface area (TPSA) is 3.01 Å². The van der Waals surface area contributed by atoms with Crippen molar-refractivity contribution < 1.29 is 0 Å². The molecule has 1 heteroatoms. The highest BCUT2D eigenvalue weighted by Crippen LogP contribution is 2.25. The van der Waals surface area contributed by atoms with Gasteiger partial charge in [0.1, 0.15) is 0 Å². The molecule has 2 atom stereocenters. The predicted molar refractivity (Wildman–Crippen MR) is 60.2 cm³/mol. The van der Waals surface area contributed by atoms with Gasteiger partial charge in [-0.05, 0) is 12.0 Å². The van der Waals surface area contributed by atoms with E-state index < -0.39 is 0 Å². The Morgan fingerprint density at radius 3 is 2.79 bits per heavy atom. The van der Waals surface area contributed by atoms with Crippen LogP contribution in [0.15, 0.2) is 30.3 Å². The van der Waals surface area contributed by atoms with Crippen molar-refractivity contribution in [2.45, 2.75) is 38.8 Å². The average Bonchev–Trinajstić information content (AvgIpc) is 2.95. The smallest absolute Gasteiger partial charge is 0.0237 e. The van der Waals surface area contributed by atoms with Crippen molar-refractivity contribution in [3.8, 4) is 0 Å². The number of nitrogens with zero attached hydrogens (tertiary/aromatic N) is 1. The lowest BCUT2D eigenvalue weighted by atomic mass is 10.2. The van der Waals surface area contributed by atoms with Crippen LogP contribution < -0.4 is 0 Å². The largest absolute Gasteiger partial charge is 0.293 e. The van der Waals surface area contributed by atoms with Crippen LogP contribution in [0.4, 0.5) is 0 Å². The Bertz CT molecular complexity index is 268. The van der Waals surface area contributed by atoms with Gasteiger partial charge in [-0.25, -0.2) is 0 Å². The lowest BCUT2D eigenvalue weighted by molar-refractivity contribution is 0.479. The fourth-order valence-corrected chi connectivity index (χ4v) is 1.95. The molecule has 0 bridgehead atoms. The van der Waals surface area contributed by atoms with Crippen molar-refractivity contribution in [3.63, 3.8) is 0 Å². The fraction of sp³-hybridized carbons (Fsp3) is 0.538. The predicted octanol–water partition coefficient (Wildman–Crippen LogP) is 3.06. The van der Waals surface area contributed by atoms with Crippen molar-refractivity contribution in [2.24, 2.45) is 0 Å². The van der Waals surface area contributed by atoms with Gasteiger partial charge in [-0.15, -0.1) is 0 Å². The van der Waals surface area contributed by atoms with E-state index in [1.54, 1.807) is 0 Å². The molecule has 2 rings (SSSR count). The highest BCUT2D eigenvalue weighted by molar-refractivity contribution is 5.15. The molecule has 0 aliphatic carbocycles. The molecule has 1 aromatic rings. The third-order valence-electron chi connectivity index (χ3n) is 2.95. The van der Waals surface area contributed by atoms with Crippen molar-refractivity contribution >= 4 is 0 Å². The highest BCUT2D eigenvalue weighted by Gasteiger charge is 2.32. The third-order valence-corrected chi connectivity index (χ3v) is 2.95. The Hall–Kier alpha value is -0.820. The van der Waals surface area contributed by atoms with Crippen LogP contribution in [-0.2, 0) is 6.54 Å². The second-order valence-electron chi connectivity index (χ2n) is 4.21. The molecule has 1 nitrogen and oxygen atoms in total. The maximum absolute atomic E-state index is 2.56. The molecule has 1 aliphatic rings. The second kappa shape index (κ2) is 4.61. The van der Waals surface area contributed by atoms with E-state index in [1.165, 1.54) is 31.4 Å². The van der Waals surface area contributed by atoms with Crippen LogP contribution in [0.2, 0.25) is 0 Å². The minimum atomic E-state index is 0.884. The standard InChI is InChI=1S/C13H19N/c1-2-3-9-13-11-14(13)10-12-7-5-4-6-8-12/h4-8,13H,2-3,9-11H2,1H3. The highest BCUT2D eigenvalue weighted by atomic mass is 15.3. The van der Waals surface area contributed by atoms with E-state index in [1.807, 2.05) is 0 Å². The first-order valence-electron chi connectivity index (χ1n) is 5.68. The van der Waals surface area contributed by atoms with Gasteiger partial charge in [0.15, 0.2) is 0 Å². The molecule has 0 saturated carbocycles. The van der Waals surface area contributed by atoms with E-state index in [0.717, 1.165) is 12.6 Å². The molecule has 1 aromatic carbocycles. The average molecular weight is 189 g/mol. The lowest BCUT2D eigenvalue weighted by Gasteiger charge is -2.03. The first kappa shape index (κ1) is 9.72. The van der Waals surface area contributed by atoms with Crippen molar-refractivity contribution in [1.29, 1.82) is 0 Å². The number of hydrogen-bond acceptors (Lipinski definition) is 1. The Balaban J connectivity index is 1.74. The normalized spacial score (nSPS) is 24.9. The van der Waals surface area contributed by atoms with Crippen LogP contribution in [0.3, 0.4) is 0 Å². The van der Waals surface area contributed by atoms with Gasteiger partial charge in [0.25, 0.3) is 0 Å². The van der Waals surface area contributed by atoms with Gasteiger partial charge in [0, 0.05) is 19.1 Å². The Morgan fingerprint density at radius 1 is 1.29 bits per heavy atom. The minimum absolute atomic E-state index is 0.884. The van der Waals surface area contributed by atoms with Crippen LogP contribution in [0.5, 0.6) is 0 Å². The number of rotatable bonds is 5. The zero-order valence-electron chi connectivity index (χ0n) is 8.95. The summed E-state index contributed by atoms with van der Waals surface area (Å²) >= 11 is 0. The first-order valence-corrected chi connectivity index (χ1v) is 5.68. The van der Waals surface area contributed by atoms with E-state index in [2.05, 4.69) is 42.2 Å². The molecule has 0 radical (unpaired) electrons. The Morgan fingerprint density at radius 2 is 2.07 bits per heavy atom. The SMILES string of the molecule is CCCCC1CN1Cc1ccccc1. The van der Waals surface area contributed by atoms with Gasteiger partial charge in [-0.1, -0.05) is 50.1 Å². The molecule has 14 heavy (non-hydrogen) atoms. The molecular weight excluding hydrogens is 170 g/mol. The number of unbranched alkanes of at least 4 members (excludes halogenated alkanes) is 1. The van der Waals surface area contributed by atoms with E-state index in [-0.39, 0.29) is 0 Å². The molecular formula is C13H19N. The summed E-state index contributed by atoms with van der Waals surface area (Å²) < 4.78 is 0. The fourth-order valence-electron chi connectivity index (χ4n) is 1.95. The summed E-state index contributed by atoms with van der Waals surface area (Å²) in [5.74, 6) is 0.